The van der Waals surface area contributed by atoms with E-state index in [-0.39, 0.29) is 24.8 Å². The molecule has 4 N–H and O–H groups in total. The van der Waals surface area contributed by atoms with Crippen molar-refractivity contribution in [1.82, 2.24) is 4.98 Å². The summed E-state index contributed by atoms with van der Waals surface area (Å²) in [5.41, 5.74) is 4.55. The van der Waals surface area contributed by atoms with Gasteiger partial charge in [-0.05, 0) is 0 Å². The number of nitro groups is 1. The molecule has 9 heteroatoms. The molecule has 1 aromatic heterocycles. The van der Waals surface area contributed by atoms with Crippen LogP contribution in [0.4, 0.5) is 5.69 Å². The van der Waals surface area contributed by atoms with E-state index in [4.69, 9.17) is 20.8 Å². The fourth-order valence-corrected chi connectivity index (χ4v) is 1.05. The van der Waals surface area contributed by atoms with E-state index in [1.165, 1.54) is 6.07 Å². The van der Waals surface area contributed by atoms with Crippen molar-refractivity contribution in [2.75, 3.05) is 13.2 Å². The molecule has 0 fully saturated rings. The number of aromatic nitrogens is 1. The highest BCUT2D eigenvalue weighted by molar-refractivity contribution is 5.98. The van der Waals surface area contributed by atoms with Gasteiger partial charge in [-0.2, -0.15) is 0 Å². The van der Waals surface area contributed by atoms with Crippen LogP contribution in [0.2, 0.25) is 0 Å². The van der Waals surface area contributed by atoms with Crippen LogP contribution in [-0.2, 0) is 0 Å². The second kappa shape index (κ2) is 5.61. The number of hydrogen-bond acceptors (Lipinski definition) is 7. The van der Waals surface area contributed by atoms with Gasteiger partial charge >= 0.3 is 0 Å². The van der Waals surface area contributed by atoms with Crippen molar-refractivity contribution in [3.63, 3.8) is 0 Å². The van der Waals surface area contributed by atoms with Gasteiger partial charge in [0, 0.05) is 12.1 Å². The van der Waals surface area contributed by atoms with Gasteiger partial charge in [-0.1, -0.05) is 5.16 Å². The Balaban J connectivity index is 3.15. The number of ether oxygens (including phenoxy) is 1. The number of nitrogens with zero attached hydrogens (tertiary/aromatic N) is 3. The highest BCUT2D eigenvalue weighted by Gasteiger charge is 2.20. The Morgan fingerprint density at radius 2 is 2.35 bits per heavy atom. The van der Waals surface area contributed by atoms with Gasteiger partial charge in [0.05, 0.1) is 11.5 Å². The Kier molecular flexibility index (Phi) is 4.17. The first kappa shape index (κ1) is 12.6. The van der Waals surface area contributed by atoms with E-state index in [0.29, 0.717) is 0 Å². The molecule has 0 spiro atoms. The molecule has 0 unspecified atom stereocenters. The molecule has 0 bridgehead atoms. The molecular weight excluding hydrogens is 232 g/mol. The van der Waals surface area contributed by atoms with E-state index < -0.39 is 16.4 Å². The molecule has 0 amide bonds. The van der Waals surface area contributed by atoms with Crippen molar-refractivity contribution in [3.8, 4) is 5.88 Å². The molecule has 0 radical (unpaired) electrons. The molecule has 0 saturated heterocycles. The molecule has 9 nitrogen and oxygen atoms in total. The lowest BCUT2D eigenvalue weighted by atomic mass is 10.3. The quantitative estimate of drug-likeness (QED) is 0.206. The van der Waals surface area contributed by atoms with E-state index in [9.17, 15) is 10.1 Å². The summed E-state index contributed by atoms with van der Waals surface area (Å²) >= 11 is 0. The summed E-state index contributed by atoms with van der Waals surface area (Å²) in [7, 11) is 0. The van der Waals surface area contributed by atoms with Crippen LogP contribution in [0.1, 0.15) is 5.69 Å². The van der Waals surface area contributed by atoms with Crippen LogP contribution >= 0.6 is 0 Å². The van der Waals surface area contributed by atoms with Crippen LogP contribution in [0.3, 0.4) is 0 Å². The molecule has 17 heavy (non-hydrogen) atoms. The van der Waals surface area contributed by atoms with Gasteiger partial charge in [-0.3, -0.25) is 10.1 Å². The lowest BCUT2D eigenvalue weighted by Gasteiger charge is -2.05. The predicted molar refractivity (Wildman–Crippen MR) is 56.0 cm³/mol. The molecule has 0 aliphatic rings. The van der Waals surface area contributed by atoms with Crippen molar-refractivity contribution < 1.29 is 20.0 Å². The number of aliphatic hydroxyl groups is 1. The average Bonchev–Trinajstić information content (AvgIpc) is 2.34. The SMILES string of the molecule is N/C(=N/O)c1nc(OCCO)ccc1[N+](=O)[O-]. The monoisotopic (exact) mass is 242 g/mol. The molecule has 1 heterocycles. The highest BCUT2D eigenvalue weighted by atomic mass is 16.6. The van der Waals surface area contributed by atoms with E-state index in [1.54, 1.807) is 0 Å². The largest absolute Gasteiger partial charge is 0.475 e. The molecule has 0 saturated carbocycles. The molecule has 0 aromatic carbocycles. The summed E-state index contributed by atoms with van der Waals surface area (Å²) < 4.78 is 4.95. The summed E-state index contributed by atoms with van der Waals surface area (Å²) in [4.78, 5) is 13.7. The minimum Gasteiger partial charge on any atom is -0.475 e. The number of amidine groups is 1. The second-order valence-corrected chi connectivity index (χ2v) is 2.83. The average molecular weight is 242 g/mol. The Bertz CT molecular complexity index is 448. The lowest BCUT2D eigenvalue weighted by molar-refractivity contribution is -0.385. The van der Waals surface area contributed by atoms with Crippen LogP contribution in [-0.4, -0.2) is 39.3 Å². The highest BCUT2D eigenvalue weighted by Crippen LogP contribution is 2.19. The number of pyridine rings is 1. The van der Waals surface area contributed by atoms with Crippen molar-refractivity contribution in [2.45, 2.75) is 0 Å². The van der Waals surface area contributed by atoms with Crippen LogP contribution in [0, 0.1) is 10.1 Å². The van der Waals surface area contributed by atoms with Crippen LogP contribution < -0.4 is 10.5 Å². The first-order valence-electron chi connectivity index (χ1n) is 4.47. The molecular formula is C8H10N4O5. The molecule has 0 aliphatic heterocycles. The third-order valence-electron chi connectivity index (χ3n) is 1.74. The maximum absolute atomic E-state index is 10.7. The van der Waals surface area contributed by atoms with Gasteiger partial charge in [-0.15, -0.1) is 0 Å². The third-order valence-corrected chi connectivity index (χ3v) is 1.74. The zero-order valence-electron chi connectivity index (χ0n) is 8.61. The van der Waals surface area contributed by atoms with Crippen LogP contribution in [0.25, 0.3) is 0 Å². The Morgan fingerprint density at radius 1 is 1.65 bits per heavy atom. The summed E-state index contributed by atoms with van der Waals surface area (Å²) in [5, 5.41) is 30.3. The summed E-state index contributed by atoms with van der Waals surface area (Å²) in [6, 6.07) is 2.37. The number of hydrogen-bond donors (Lipinski definition) is 3. The lowest BCUT2D eigenvalue weighted by Crippen LogP contribution is -2.18. The number of aliphatic hydroxyl groups excluding tert-OH is 1. The maximum atomic E-state index is 10.7. The zero-order chi connectivity index (χ0) is 12.8. The smallest absolute Gasteiger partial charge is 0.299 e. The van der Waals surface area contributed by atoms with E-state index in [0.717, 1.165) is 6.07 Å². The minimum atomic E-state index is -0.712. The Morgan fingerprint density at radius 3 is 2.88 bits per heavy atom. The molecule has 92 valence electrons. The number of rotatable bonds is 5. The van der Waals surface area contributed by atoms with Gasteiger partial charge in [0.25, 0.3) is 5.69 Å². The van der Waals surface area contributed by atoms with E-state index >= 15 is 0 Å². The van der Waals surface area contributed by atoms with Crippen molar-refractivity contribution in [1.29, 1.82) is 0 Å². The van der Waals surface area contributed by atoms with Gasteiger partial charge in [0.1, 0.15) is 6.61 Å². The van der Waals surface area contributed by atoms with Gasteiger partial charge in [0.2, 0.25) is 5.88 Å². The van der Waals surface area contributed by atoms with Crippen molar-refractivity contribution >= 4 is 11.5 Å². The Hall–Kier alpha value is -2.42. The molecule has 0 aliphatic carbocycles. The minimum absolute atomic E-state index is 0.0135. The summed E-state index contributed by atoms with van der Waals surface area (Å²) in [6.45, 7) is -0.238. The topological polar surface area (TPSA) is 144 Å². The number of nitrogens with two attached hydrogens (primary N) is 1. The maximum Gasteiger partial charge on any atom is 0.299 e. The third kappa shape index (κ3) is 3.01. The second-order valence-electron chi connectivity index (χ2n) is 2.83. The standard InChI is InChI=1S/C8H10N4O5/c9-8(11-14)7-5(12(15)16)1-2-6(10-7)17-4-3-13/h1-2,13-14H,3-4H2,(H2,9,11). The predicted octanol–water partition coefficient (Wildman–Crippen LogP) is -0.545. The molecule has 1 aromatic rings. The van der Waals surface area contributed by atoms with Gasteiger partial charge < -0.3 is 20.8 Å². The zero-order valence-corrected chi connectivity index (χ0v) is 8.61. The van der Waals surface area contributed by atoms with Gasteiger partial charge in [0.15, 0.2) is 11.5 Å². The van der Waals surface area contributed by atoms with Crippen LogP contribution in [0.5, 0.6) is 5.88 Å². The van der Waals surface area contributed by atoms with E-state index in [1.807, 2.05) is 0 Å². The molecule has 1 rings (SSSR count). The first-order valence-corrected chi connectivity index (χ1v) is 4.47. The summed E-state index contributed by atoms with van der Waals surface area (Å²) in [5.74, 6) is -0.461. The molecule has 0 atom stereocenters. The van der Waals surface area contributed by atoms with E-state index in [2.05, 4.69) is 10.1 Å². The van der Waals surface area contributed by atoms with Crippen molar-refractivity contribution in [2.24, 2.45) is 10.9 Å². The van der Waals surface area contributed by atoms with Crippen LogP contribution in [0.15, 0.2) is 17.3 Å². The first-order chi connectivity index (χ1) is 8.10. The van der Waals surface area contributed by atoms with Gasteiger partial charge in [-0.25, -0.2) is 4.98 Å². The fraction of sp³-hybridized carbons (Fsp3) is 0.250. The number of oxime groups is 1. The fourth-order valence-electron chi connectivity index (χ4n) is 1.05. The normalized spacial score (nSPS) is 11.2. The summed E-state index contributed by atoms with van der Waals surface area (Å²) in [6.07, 6.45) is 0. The van der Waals surface area contributed by atoms with Crippen molar-refractivity contribution in [3.05, 3.63) is 27.9 Å². The Labute approximate surface area is 95.3 Å².